The molecule has 0 spiro atoms. The van der Waals surface area contributed by atoms with Gasteiger partial charge in [0.25, 0.3) is 5.89 Å². The van der Waals surface area contributed by atoms with Crippen LogP contribution in [0.3, 0.4) is 0 Å². The van der Waals surface area contributed by atoms with E-state index in [1.165, 1.54) is 11.3 Å². The number of halogens is 1. The number of rotatable bonds is 2. The summed E-state index contributed by atoms with van der Waals surface area (Å²) in [4.78, 5) is 5.24. The van der Waals surface area contributed by atoms with Gasteiger partial charge in [0.2, 0.25) is 5.82 Å². The predicted octanol–water partition coefficient (Wildman–Crippen LogP) is 3.93. The number of aromatic hydroxyl groups is 1. The van der Waals surface area contributed by atoms with Crippen LogP contribution in [-0.4, -0.2) is 15.2 Å². The Kier molecular flexibility index (Phi) is 2.89. The summed E-state index contributed by atoms with van der Waals surface area (Å²) < 4.78 is 6.17. The summed E-state index contributed by atoms with van der Waals surface area (Å²) >= 11 is 4.96. The minimum absolute atomic E-state index is 0.212. The van der Waals surface area contributed by atoms with Crippen LogP contribution in [0.5, 0.6) is 5.75 Å². The lowest BCUT2D eigenvalue weighted by molar-refractivity contribution is 0.433. The van der Waals surface area contributed by atoms with Crippen molar-refractivity contribution in [1.29, 1.82) is 0 Å². The van der Waals surface area contributed by atoms with Crippen LogP contribution in [0.4, 0.5) is 0 Å². The molecule has 90 valence electrons. The van der Waals surface area contributed by atoms with E-state index in [4.69, 9.17) is 4.52 Å². The number of thiophene rings is 1. The molecule has 2 aromatic heterocycles. The molecular weight excluding hydrogens is 316 g/mol. The zero-order valence-electron chi connectivity index (χ0n) is 9.00. The smallest absolute Gasteiger partial charge is 0.269 e. The summed E-state index contributed by atoms with van der Waals surface area (Å²) in [6.07, 6.45) is 0. The minimum Gasteiger partial charge on any atom is -0.508 e. The molecule has 0 amide bonds. The van der Waals surface area contributed by atoms with E-state index in [9.17, 15) is 5.11 Å². The number of hydrogen-bond acceptors (Lipinski definition) is 5. The van der Waals surface area contributed by atoms with Gasteiger partial charge in [-0.25, -0.2) is 0 Å². The van der Waals surface area contributed by atoms with Gasteiger partial charge in [-0.3, -0.25) is 0 Å². The van der Waals surface area contributed by atoms with Gasteiger partial charge < -0.3 is 9.63 Å². The van der Waals surface area contributed by atoms with Crippen LogP contribution in [0.1, 0.15) is 0 Å². The van der Waals surface area contributed by atoms with Gasteiger partial charge in [0, 0.05) is 10.0 Å². The lowest BCUT2D eigenvalue weighted by Crippen LogP contribution is -1.79. The van der Waals surface area contributed by atoms with Gasteiger partial charge in [-0.1, -0.05) is 5.16 Å². The van der Waals surface area contributed by atoms with Crippen molar-refractivity contribution in [3.63, 3.8) is 0 Å². The molecule has 0 unspecified atom stereocenters. The van der Waals surface area contributed by atoms with Gasteiger partial charge in [-0.2, -0.15) is 4.98 Å². The Morgan fingerprint density at radius 1 is 1.17 bits per heavy atom. The zero-order chi connectivity index (χ0) is 12.5. The van der Waals surface area contributed by atoms with Gasteiger partial charge in [-0.15, -0.1) is 11.3 Å². The number of phenolic OH excluding ortho intramolecular Hbond substituents is 1. The zero-order valence-corrected chi connectivity index (χ0v) is 11.4. The van der Waals surface area contributed by atoms with Gasteiger partial charge in [-0.05, 0) is 51.6 Å². The van der Waals surface area contributed by atoms with Crippen LogP contribution in [0.2, 0.25) is 0 Å². The van der Waals surface area contributed by atoms with Gasteiger partial charge in [0.05, 0.1) is 0 Å². The average molecular weight is 323 g/mol. The Morgan fingerprint density at radius 2 is 1.94 bits per heavy atom. The minimum atomic E-state index is 0.212. The fourth-order valence-electron chi connectivity index (χ4n) is 1.49. The molecule has 3 aromatic rings. The van der Waals surface area contributed by atoms with Crippen LogP contribution >= 0.6 is 27.3 Å². The Hall–Kier alpha value is -1.66. The van der Waals surface area contributed by atoms with E-state index in [1.807, 2.05) is 11.4 Å². The maximum Gasteiger partial charge on any atom is 0.269 e. The van der Waals surface area contributed by atoms with E-state index in [0.29, 0.717) is 11.7 Å². The van der Waals surface area contributed by atoms with Crippen molar-refractivity contribution in [1.82, 2.24) is 10.1 Å². The third kappa shape index (κ3) is 2.04. The van der Waals surface area contributed by atoms with Crippen LogP contribution < -0.4 is 0 Å². The number of benzene rings is 1. The molecule has 1 N–H and O–H groups in total. The summed E-state index contributed by atoms with van der Waals surface area (Å²) in [6.45, 7) is 0. The Balaban J connectivity index is 1.99. The maximum absolute atomic E-state index is 9.23. The summed E-state index contributed by atoms with van der Waals surface area (Å²) in [7, 11) is 0. The van der Waals surface area contributed by atoms with Crippen molar-refractivity contribution in [3.05, 3.63) is 40.2 Å². The van der Waals surface area contributed by atoms with Crippen molar-refractivity contribution in [2.24, 2.45) is 0 Å². The molecule has 3 rings (SSSR count). The van der Waals surface area contributed by atoms with E-state index < -0.39 is 0 Å². The monoisotopic (exact) mass is 322 g/mol. The predicted molar refractivity (Wildman–Crippen MR) is 72.4 cm³/mol. The first kappa shape index (κ1) is 11.4. The molecule has 0 bridgehead atoms. The lowest BCUT2D eigenvalue weighted by atomic mass is 10.2. The first-order valence-corrected chi connectivity index (χ1v) is 6.78. The summed E-state index contributed by atoms with van der Waals surface area (Å²) in [5.74, 6) is 1.20. The molecule has 0 aliphatic rings. The number of phenols is 1. The highest BCUT2D eigenvalue weighted by atomic mass is 79.9. The highest BCUT2D eigenvalue weighted by Crippen LogP contribution is 2.33. The Bertz CT molecular complexity index is 675. The highest BCUT2D eigenvalue weighted by molar-refractivity contribution is 9.10. The standard InChI is InChI=1S/C12H7BrN2O2S/c13-9-5-6-18-10(9)12-14-11(15-17-12)7-1-3-8(16)4-2-7/h1-6,16H. The molecule has 18 heavy (non-hydrogen) atoms. The SMILES string of the molecule is Oc1ccc(-c2noc(-c3sccc3Br)n2)cc1. The number of nitrogens with zero attached hydrogens (tertiary/aromatic N) is 2. The molecule has 0 saturated carbocycles. The van der Waals surface area contributed by atoms with E-state index in [-0.39, 0.29) is 5.75 Å². The number of hydrogen-bond donors (Lipinski definition) is 1. The molecule has 0 saturated heterocycles. The lowest BCUT2D eigenvalue weighted by Gasteiger charge is -1.93. The summed E-state index contributed by atoms with van der Waals surface area (Å²) in [5.41, 5.74) is 0.801. The second kappa shape index (κ2) is 4.55. The van der Waals surface area contributed by atoms with Crippen LogP contribution in [0, 0.1) is 0 Å². The van der Waals surface area contributed by atoms with Gasteiger partial charge in [0.15, 0.2) is 0 Å². The normalized spacial score (nSPS) is 10.7. The molecule has 6 heteroatoms. The molecular formula is C12H7BrN2O2S. The Morgan fingerprint density at radius 3 is 2.61 bits per heavy atom. The van der Waals surface area contributed by atoms with Crippen molar-refractivity contribution < 1.29 is 9.63 Å². The first-order chi connectivity index (χ1) is 8.74. The average Bonchev–Trinajstić information content (AvgIpc) is 2.98. The summed E-state index contributed by atoms with van der Waals surface area (Å²) in [6, 6.07) is 8.60. The Labute approximate surface area is 115 Å². The molecule has 0 aliphatic heterocycles. The van der Waals surface area contributed by atoms with E-state index >= 15 is 0 Å². The first-order valence-electron chi connectivity index (χ1n) is 5.10. The van der Waals surface area contributed by atoms with Gasteiger partial charge >= 0.3 is 0 Å². The fraction of sp³-hybridized carbons (Fsp3) is 0. The van der Waals surface area contributed by atoms with Crippen molar-refractivity contribution in [2.75, 3.05) is 0 Å². The van der Waals surface area contributed by atoms with Gasteiger partial charge in [0.1, 0.15) is 10.6 Å². The molecule has 0 aliphatic carbocycles. The molecule has 4 nitrogen and oxygen atoms in total. The van der Waals surface area contributed by atoms with E-state index in [0.717, 1.165) is 14.9 Å². The molecule has 0 fully saturated rings. The second-order valence-electron chi connectivity index (χ2n) is 3.57. The third-order valence-corrected chi connectivity index (χ3v) is 4.19. The van der Waals surface area contributed by atoms with Crippen molar-refractivity contribution in [3.8, 4) is 27.9 Å². The largest absolute Gasteiger partial charge is 0.508 e. The van der Waals surface area contributed by atoms with Crippen molar-refractivity contribution in [2.45, 2.75) is 0 Å². The molecule has 2 heterocycles. The van der Waals surface area contributed by atoms with E-state index in [2.05, 4.69) is 26.1 Å². The van der Waals surface area contributed by atoms with E-state index in [1.54, 1.807) is 24.3 Å². The topological polar surface area (TPSA) is 59.2 Å². The van der Waals surface area contributed by atoms with Crippen LogP contribution in [0.15, 0.2) is 44.7 Å². The fourth-order valence-corrected chi connectivity index (χ4v) is 2.95. The van der Waals surface area contributed by atoms with Crippen molar-refractivity contribution >= 4 is 27.3 Å². The summed E-state index contributed by atoms with van der Waals surface area (Å²) in [5, 5.41) is 15.1. The van der Waals surface area contributed by atoms with Crippen LogP contribution in [0.25, 0.3) is 22.2 Å². The molecule has 0 radical (unpaired) electrons. The number of aromatic nitrogens is 2. The third-order valence-electron chi connectivity index (χ3n) is 2.36. The maximum atomic E-state index is 9.23. The molecule has 1 aromatic carbocycles. The second-order valence-corrected chi connectivity index (χ2v) is 5.34. The highest BCUT2D eigenvalue weighted by Gasteiger charge is 2.14. The van der Waals surface area contributed by atoms with Crippen LogP contribution in [-0.2, 0) is 0 Å². The molecule has 0 atom stereocenters. The quantitative estimate of drug-likeness (QED) is 0.776.